The number of aryl methyl sites for hydroxylation is 1. The molecule has 5 heteroatoms. The van der Waals surface area contributed by atoms with Crippen molar-refractivity contribution >= 4 is 5.78 Å². The fourth-order valence-electron chi connectivity index (χ4n) is 1.69. The van der Waals surface area contributed by atoms with E-state index in [-0.39, 0.29) is 11.5 Å². The summed E-state index contributed by atoms with van der Waals surface area (Å²) in [4.78, 5) is 11.3. The van der Waals surface area contributed by atoms with E-state index >= 15 is 0 Å². The number of benzene rings is 1. The minimum Gasteiger partial charge on any atom is -0.484 e. The van der Waals surface area contributed by atoms with E-state index in [0.717, 1.165) is 5.56 Å². The number of halogens is 3. The zero-order chi connectivity index (χ0) is 11.8. The summed E-state index contributed by atoms with van der Waals surface area (Å²) in [6.07, 6.45) is -3.33. The maximum Gasteiger partial charge on any atom is 0.422 e. The van der Waals surface area contributed by atoms with Gasteiger partial charge in [-0.15, -0.1) is 0 Å². The molecule has 0 bridgehead atoms. The van der Waals surface area contributed by atoms with Gasteiger partial charge in [-0.2, -0.15) is 13.2 Å². The summed E-state index contributed by atoms with van der Waals surface area (Å²) >= 11 is 0. The van der Waals surface area contributed by atoms with Crippen LogP contribution in [0.15, 0.2) is 18.2 Å². The number of alkyl halides is 3. The number of carbonyl (C=O) groups is 1. The van der Waals surface area contributed by atoms with Crippen molar-refractivity contribution < 1.29 is 22.7 Å². The Morgan fingerprint density at radius 1 is 1.25 bits per heavy atom. The van der Waals surface area contributed by atoms with E-state index in [1.807, 2.05) is 0 Å². The van der Waals surface area contributed by atoms with E-state index in [2.05, 4.69) is 4.74 Å². The van der Waals surface area contributed by atoms with Gasteiger partial charge in [0.25, 0.3) is 0 Å². The Morgan fingerprint density at radius 3 is 2.69 bits per heavy atom. The quantitative estimate of drug-likeness (QED) is 0.780. The van der Waals surface area contributed by atoms with E-state index in [4.69, 9.17) is 0 Å². The second-order valence-corrected chi connectivity index (χ2v) is 3.65. The van der Waals surface area contributed by atoms with Gasteiger partial charge >= 0.3 is 6.18 Å². The summed E-state index contributed by atoms with van der Waals surface area (Å²) in [5.41, 5.74) is 1.36. The van der Waals surface area contributed by atoms with Crippen LogP contribution in [-0.2, 0) is 6.42 Å². The fraction of sp³-hybridized carbons (Fsp3) is 0.364. The zero-order valence-corrected chi connectivity index (χ0v) is 8.30. The summed E-state index contributed by atoms with van der Waals surface area (Å²) in [6.45, 7) is -1.31. The normalized spacial score (nSPS) is 15.1. The lowest BCUT2D eigenvalue weighted by Crippen LogP contribution is -2.19. The van der Waals surface area contributed by atoms with Crippen molar-refractivity contribution in [3.8, 4) is 5.75 Å². The Bertz CT molecular complexity index is 424. The van der Waals surface area contributed by atoms with E-state index in [1.54, 1.807) is 0 Å². The van der Waals surface area contributed by atoms with Crippen LogP contribution in [0.5, 0.6) is 5.75 Å². The Hall–Kier alpha value is -1.52. The summed E-state index contributed by atoms with van der Waals surface area (Å²) in [5, 5.41) is 0. The maximum absolute atomic E-state index is 11.9. The van der Waals surface area contributed by atoms with Crippen molar-refractivity contribution in [2.24, 2.45) is 0 Å². The number of fused-ring (bicyclic) bond motifs is 1. The molecule has 1 aliphatic carbocycles. The third kappa shape index (κ3) is 2.35. The Morgan fingerprint density at radius 2 is 2.00 bits per heavy atom. The minimum atomic E-state index is -4.34. The highest BCUT2D eigenvalue weighted by molar-refractivity contribution is 6.00. The average molecular weight is 230 g/mol. The number of ether oxygens (including phenoxy) is 1. The molecule has 0 fully saturated rings. The highest BCUT2D eigenvalue weighted by atomic mass is 19.4. The maximum atomic E-state index is 11.9. The van der Waals surface area contributed by atoms with Crippen molar-refractivity contribution in [3.63, 3.8) is 0 Å². The first-order valence-corrected chi connectivity index (χ1v) is 4.81. The third-order valence-electron chi connectivity index (χ3n) is 2.40. The van der Waals surface area contributed by atoms with Crippen molar-refractivity contribution in [1.82, 2.24) is 0 Å². The van der Waals surface area contributed by atoms with Crippen LogP contribution >= 0.6 is 0 Å². The van der Waals surface area contributed by atoms with Gasteiger partial charge in [0, 0.05) is 12.0 Å². The number of rotatable bonds is 2. The molecule has 0 saturated heterocycles. The first-order chi connectivity index (χ1) is 7.46. The van der Waals surface area contributed by atoms with Gasteiger partial charge in [-0.05, 0) is 30.2 Å². The second-order valence-electron chi connectivity index (χ2n) is 3.65. The van der Waals surface area contributed by atoms with Gasteiger partial charge in [0.2, 0.25) is 0 Å². The Kier molecular flexibility index (Phi) is 2.61. The molecule has 0 atom stereocenters. The van der Waals surface area contributed by atoms with Crippen molar-refractivity contribution in [2.75, 3.05) is 6.61 Å². The average Bonchev–Trinajstić information content (AvgIpc) is 2.56. The van der Waals surface area contributed by atoms with Crippen LogP contribution in [0.2, 0.25) is 0 Å². The van der Waals surface area contributed by atoms with Gasteiger partial charge in [-0.3, -0.25) is 4.79 Å². The lowest BCUT2D eigenvalue weighted by molar-refractivity contribution is -0.153. The molecule has 1 aliphatic rings. The van der Waals surface area contributed by atoms with Crippen LogP contribution in [0.3, 0.4) is 0 Å². The monoisotopic (exact) mass is 230 g/mol. The van der Waals surface area contributed by atoms with Gasteiger partial charge in [0.1, 0.15) is 5.75 Å². The number of ketones is 1. The second kappa shape index (κ2) is 3.81. The summed E-state index contributed by atoms with van der Waals surface area (Å²) < 4.78 is 40.3. The summed E-state index contributed by atoms with van der Waals surface area (Å²) in [6, 6.07) is 4.43. The van der Waals surface area contributed by atoms with E-state index < -0.39 is 12.8 Å². The van der Waals surface area contributed by atoms with Gasteiger partial charge in [-0.1, -0.05) is 0 Å². The number of hydrogen-bond donors (Lipinski definition) is 0. The number of carbonyl (C=O) groups excluding carboxylic acids is 1. The molecule has 0 N–H and O–H groups in total. The lowest BCUT2D eigenvalue weighted by Gasteiger charge is -2.09. The molecule has 86 valence electrons. The van der Waals surface area contributed by atoms with Gasteiger partial charge in [0.15, 0.2) is 12.4 Å². The predicted molar refractivity (Wildman–Crippen MR) is 50.6 cm³/mol. The van der Waals surface area contributed by atoms with Crippen LogP contribution in [0.25, 0.3) is 0 Å². The Balaban J connectivity index is 2.11. The van der Waals surface area contributed by atoms with E-state index in [0.29, 0.717) is 18.4 Å². The molecule has 0 unspecified atom stereocenters. The topological polar surface area (TPSA) is 26.3 Å². The highest BCUT2D eigenvalue weighted by Gasteiger charge is 2.28. The van der Waals surface area contributed by atoms with Crippen LogP contribution < -0.4 is 4.74 Å². The van der Waals surface area contributed by atoms with Crippen LogP contribution in [0.4, 0.5) is 13.2 Å². The molecule has 1 aromatic carbocycles. The van der Waals surface area contributed by atoms with Crippen LogP contribution in [-0.4, -0.2) is 18.6 Å². The summed E-state index contributed by atoms with van der Waals surface area (Å²) in [5.74, 6) is 0.197. The van der Waals surface area contributed by atoms with Crippen LogP contribution in [0, 0.1) is 0 Å². The molecule has 0 spiro atoms. The largest absolute Gasteiger partial charge is 0.484 e. The molecule has 2 rings (SSSR count). The standard InChI is InChI=1S/C11H9F3O2/c12-11(13,14)6-16-8-2-3-9-7(5-8)1-4-10(9)15/h2-3,5H,1,4,6H2. The van der Waals surface area contributed by atoms with Crippen molar-refractivity contribution in [3.05, 3.63) is 29.3 Å². The molecule has 0 saturated carbocycles. The Labute approximate surface area is 90.0 Å². The predicted octanol–water partition coefficient (Wildman–Crippen LogP) is 2.76. The SMILES string of the molecule is O=C1CCc2cc(OCC(F)(F)F)ccc21. The molecule has 2 nitrogen and oxygen atoms in total. The van der Waals surface area contributed by atoms with Crippen molar-refractivity contribution in [1.29, 1.82) is 0 Å². The molecule has 16 heavy (non-hydrogen) atoms. The van der Waals surface area contributed by atoms with Gasteiger partial charge < -0.3 is 4.74 Å². The highest BCUT2D eigenvalue weighted by Crippen LogP contribution is 2.27. The molecule has 1 aromatic rings. The molecule has 0 aliphatic heterocycles. The van der Waals surface area contributed by atoms with E-state index in [1.165, 1.54) is 18.2 Å². The molecule has 0 amide bonds. The fourth-order valence-corrected chi connectivity index (χ4v) is 1.69. The van der Waals surface area contributed by atoms with Crippen molar-refractivity contribution in [2.45, 2.75) is 19.0 Å². The molecule has 0 aromatic heterocycles. The summed E-state index contributed by atoms with van der Waals surface area (Å²) in [7, 11) is 0. The van der Waals surface area contributed by atoms with Crippen LogP contribution in [0.1, 0.15) is 22.3 Å². The third-order valence-corrected chi connectivity index (χ3v) is 2.40. The molecule has 0 heterocycles. The van der Waals surface area contributed by atoms with E-state index in [9.17, 15) is 18.0 Å². The zero-order valence-electron chi connectivity index (χ0n) is 8.30. The number of Topliss-reactive ketones (excluding diaryl/α,β-unsaturated/α-hetero) is 1. The minimum absolute atomic E-state index is 0.0392. The molecular weight excluding hydrogens is 221 g/mol. The first-order valence-electron chi connectivity index (χ1n) is 4.81. The molecular formula is C11H9F3O2. The van der Waals surface area contributed by atoms with Gasteiger partial charge in [-0.25, -0.2) is 0 Å². The smallest absolute Gasteiger partial charge is 0.422 e. The van der Waals surface area contributed by atoms with Gasteiger partial charge in [0.05, 0.1) is 0 Å². The number of hydrogen-bond acceptors (Lipinski definition) is 2. The molecule has 0 radical (unpaired) electrons. The lowest BCUT2D eigenvalue weighted by atomic mass is 10.1. The first kappa shape index (κ1) is 11.0.